The lowest BCUT2D eigenvalue weighted by Crippen LogP contribution is -2.25. The standard InChI is InChI=1S/C22H18ClN3O2/c1-28-18-9-5-6-15(12-18)14-24-22(27)19-13-16-10-11-20(23)25-21(16)26(19)17-7-3-2-4-8-17/h2-13H,14H2,1H3,(H,24,27). The predicted molar refractivity (Wildman–Crippen MR) is 110 cm³/mol. The Morgan fingerprint density at radius 2 is 1.89 bits per heavy atom. The van der Waals surface area contributed by atoms with Gasteiger partial charge in [-0.1, -0.05) is 41.9 Å². The van der Waals surface area contributed by atoms with Crippen molar-refractivity contribution in [3.8, 4) is 11.4 Å². The Labute approximate surface area is 167 Å². The summed E-state index contributed by atoms with van der Waals surface area (Å²) >= 11 is 6.10. The van der Waals surface area contributed by atoms with E-state index in [0.29, 0.717) is 23.0 Å². The number of nitrogens with one attached hydrogen (secondary N) is 1. The number of ether oxygens (including phenoxy) is 1. The molecule has 0 atom stereocenters. The molecule has 0 spiro atoms. The number of fused-ring (bicyclic) bond motifs is 1. The second-order valence-corrected chi connectivity index (χ2v) is 6.67. The lowest BCUT2D eigenvalue weighted by molar-refractivity contribution is 0.0944. The van der Waals surface area contributed by atoms with Gasteiger partial charge in [-0.25, -0.2) is 4.98 Å². The molecule has 2 heterocycles. The second-order valence-electron chi connectivity index (χ2n) is 6.28. The number of carbonyl (C=O) groups is 1. The monoisotopic (exact) mass is 391 g/mol. The van der Waals surface area contributed by atoms with Crippen LogP contribution in [0.4, 0.5) is 0 Å². The van der Waals surface area contributed by atoms with Crippen LogP contribution in [0.25, 0.3) is 16.7 Å². The summed E-state index contributed by atoms with van der Waals surface area (Å²) in [7, 11) is 1.62. The molecule has 1 N–H and O–H groups in total. The molecule has 0 aliphatic rings. The Bertz CT molecular complexity index is 1140. The first-order valence-corrected chi connectivity index (χ1v) is 9.18. The fraction of sp³-hybridized carbons (Fsp3) is 0.0909. The van der Waals surface area contributed by atoms with Crippen LogP contribution < -0.4 is 10.1 Å². The molecule has 0 saturated heterocycles. The molecule has 5 nitrogen and oxygen atoms in total. The molecule has 2 aromatic heterocycles. The number of pyridine rings is 1. The van der Waals surface area contributed by atoms with E-state index < -0.39 is 0 Å². The second kappa shape index (κ2) is 7.74. The summed E-state index contributed by atoms with van der Waals surface area (Å²) in [5.74, 6) is 0.560. The third kappa shape index (κ3) is 3.57. The molecule has 0 aliphatic heterocycles. The number of halogens is 1. The number of amides is 1. The SMILES string of the molecule is COc1cccc(CNC(=O)c2cc3ccc(Cl)nc3n2-c2ccccc2)c1. The maximum Gasteiger partial charge on any atom is 0.268 e. The van der Waals surface area contributed by atoms with E-state index in [-0.39, 0.29) is 5.91 Å². The molecular weight excluding hydrogens is 374 g/mol. The van der Waals surface area contributed by atoms with Crippen LogP contribution in [0.3, 0.4) is 0 Å². The van der Waals surface area contributed by atoms with Gasteiger partial charge in [-0.05, 0) is 48.0 Å². The van der Waals surface area contributed by atoms with E-state index in [2.05, 4.69) is 10.3 Å². The minimum Gasteiger partial charge on any atom is -0.497 e. The van der Waals surface area contributed by atoms with Crippen molar-refractivity contribution in [2.45, 2.75) is 6.54 Å². The fourth-order valence-corrected chi connectivity index (χ4v) is 3.26. The van der Waals surface area contributed by atoms with Gasteiger partial charge in [0.2, 0.25) is 0 Å². The molecule has 0 aliphatic carbocycles. The number of rotatable bonds is 5. The lowest BCUT2D eigenvalue weighted by atomic mass is 10.2. The van der Waals surface area contributed by atoms with Crippen LogP contribution >= 0.6 is 11.6 Å². The largest absolute Gasteiger partial charge is 0.497 e. The van der Waals surface area contributed by atoms with Crippen LogP contribution in [0.2, 0.25) is 5.15 Å². The first kappa shape index (κ1) is 18.1. The highest BCUT2D eigenvalue weighted by molar-refractivity contribution is 6.29. The normalized spacial score (nSPS) is 10.8. The average molecular weight is 392 g/mol. The zero-order valence-corrected chi connectivity index (χ0v) is 16.0. The van der Waals surface area contributed by atoms with Gasteiger partial charge in [-0.15, -0.1) is 0 Å². The van der Waals surface area contributed by atoms with E-state index in [4.69, 9.17) is 16.3 Å². The summed E-state index contributed by atoms with van der Waals surface area (Å²) in [6.45, 7) is 0.389. The number of nitrogens with zero attached hydrogens (tertiary/aromatic N) is 2. The molecule has 1 amide bonds. The average Bonchev–Trinajstić information content (AvgIpc) is 3.11. The molecule has 0 bridgehead atoms. The molecular formula is C22H18ClN3O2. The Morgan fingerprint density at radius 3 is 2.68 bits per heavy atom. The number of aromatic nitrogens is 2. The summed E-state index contributed by atoms with van der Waals surface area (Å²) in [5.41, 5.74) is 2.94. The third-order valence-corrected chi connectivity index (χ3v) is 4.66. The summed E-state index contributed by atoms with van der Waals surface area (Å²) in [6, 6.07) is 22.6. The van der Waals surface area contributed by atoms with Gasteiger partial charge in [-0.2, -0.15) is 0 Å². The summed E-state index contributed by atoms with van der Waals surface area (Å²) in [4.78, 5) is 17.4. The van der Waals surface area contributed by atoms with Crippen LogP contribution in [-0.4, -0.2) is 22.6 Å². The smallest absolute Gasteiger partial charge is 0.268 e. The van der Waals surface area contributed by atoms with Gasteiger partial charge in [0.25, 0.3) is 5.91 Å². The Hall–Kier alpha value is -3.31. The first-order valence-electron chi connectivity index (χ1n) is 8.80. The van der Waals surface area contributed by atoms with E-state index in [1.165, 1.54) is 0 Å². The molecule has 4 rings (SSSR count). The van der Waals surface area contributed by atoms with Crippen LogP contribution in [0.1, 0.15) is 16.1 Å². The van der Waals surface area contributed by atoms with Gasteiger partial charge in [0.1, 0.15) is 22.2 Å². The highest BCUT2D eigenvalue weighted by Gasteiger charge is 2.18. The number of hydrogen-bond donors (Lipinski definition) is 1. The number of methoxy groups -OCH3 is 1. The highest BCUT2D eigenvalue weighted by atomic mass is 35.5. The first-order chi connectivity index (χ1) is 13.7. The zero-order valence-electron chi connectivity index (χ0n) is 15.2. The van der Waals surface area contributed by atoms with Gasteiger partial charge in [-0.3, -0.25) is 9.36 Å². The molecule has 0 unspecified atom stereocenters. The number of hydrogen-bond acceptors (Lipinski definition) is 3. The maximum atomic E-state index is 13.0. The quantitative estimate of drug-likeness (QED) is 0.505. The number of para-hydroxylation sites is 1. The minimum absolute atomic E-state index is 0.194. The molecule has 6 heteroatoms. The molecule has 28 heavy (non-hydrogen) atoms. The molecule has 140 valence electrons. The van der Waals surface area contributed by atoms with Crippen molar-refractivity contribution >= 4 is 28.5 Å². The Morgan fingerprint density at radius 1 is 1.07 bits per heavy atom. The number of carbonyl (C=O) groups excluding carboxylic acids is 1. The van der Waals surface area contributed by atoms with Crippen molar-refractivity contribution in [3.63, 3.8) is 0 Å². The number of benzene rings is 2. The van der Waals surface area contributed by atoms with Crippen molar-refractivity contribution in [1.82, 2.24) is 14.9 Å². The van der Waals surface area contributed by atoms with E-state index in [0.717, 1.165) is 22.4 Å². The van der Waals surface area contributed by atoms with E-state index in [9.17, 15) is 4.79 Å². The highest BCUT2D eigenvalue weighted by Crippen LogP contribution is 2.25. The lowest BCUT2D eigenvalue weighted by Gasteiger charge is -2.11. The van der Waals surface area contributed by atoms with Crippen molar-refractivity contribution in [2.75, 3.05) is 7.11 Å². The van der Waals surface area contributed by atoms with E-state index in [1.54, 1.807) is 13.2 Å². The summed E-state index contributed by atoms with van der Waals surface area (Å²) < 4.78 is 7.06. The Balaban J connectivity index is 1.70. The summed E-state index contributed by atoms with van der Waals surface area (Å²) in [5, 5.41) is 4.20. The van der Waals surface area contributed by atoms with Gasteiger partial charge < -0.3 is 10.1 Å². The maximum absolute atomic E-state index is 13.0. The molecule has 2 aromatic carbocycles. The van der Waals surface area contributed by atoms with Crippen LogP contribution in [0, 0.1) is 0 Å². The van der Waals surface area contributed by atoms with Gasteiger partial charge in [0.05, 0.1) is 7.11 Å². The fourth-order valence-electron chi connectivity index (χ4n) is 3.11. The molecule has 0 saturated carbocycles. The molecule has 0 fully saturated rings. The summed E-state index contributed by atoms with van der Waals surface area (Å²) in [6.07, 6.45) is 0. The van der Waals surface area contributed by atoms with Gasteiger partial charge in [0.15, 0.2) is 0 Å². The zero-order chi connectivity index (χ0) is 19.5. The van der Waals surface area contributed by atoms with Crippen molar-refractivity contribution < 1.29 is 9.53 Å². The van der Waals surface area contributed by atoms with Crippen LogP contribution in [0.15, 0.2) is 72.8 Å². The van der Waals surface area contributed by atoms with Crippen molar-refractivity contribution in [2.24, 2.45) is 0 Å². The minimum atomic E-state index is -0.194. The van der Waals surface area contributed by atoms with Crippen molar-refractivity contribution in [1.29, 1.82) is 0 Å². The van der Waals surface area contributed by atoms with Crippen LogP contribution in [0.5, 0.6) is 5.75 Å². The van der Waals surface area contributed by atoms with Crippen LogP contribution in [-0.2, 0) is 6.54 Å². The predicted octanol–water partition coefficient (Wildman–Crippen LogP) is 4.62. The topological polar surface area (TPSA) is 56.1 Å². The van der Waals surface area contributed by atoms with E-state index in [1.807, 2.05) is 71.3 Å². The van der Waals surface area contributed by atoms with Gasteiger partial charge in [0, 0.05) is 17.6 Å². The van der Waals surface area contributed by atoms with E-state index >= 15 is 0 Å². The third-order valence-electron chi connectivity index (χ3n) is 4.45. The van der Waals surface area contributed by atoms with Crippen molar-refractivity contribution in [3.05, 3.63) is 89.2 Å². The Kier molecular flexibility index (Phi) is 5.00. The van der Waals surface area contributed by atoms with Gasteiger partial charge >= 0.3 is 0 Å². The molecule has 0 radical (unpaired) electrons. The molecule has 4 aromatic rings.